The zero-order chi connectivity index (χ0) is 49.9. The molecule has 68 heavy (non-hydrogen) atoms. The summed E-state index contributed by atoms with van der Waals surface area (Å²) in [5.74, 6) is 0. The van der Waals surface area contributed by atoms with Crippen molar-refractivity contribution in [3.8, 4) is 0 Å². The van der Waals surface area contributed by atoms with Crippen LogP contribution < -0.4 is 45.7 Å². The second kappa shape index (κ2) is 22.0. The molecule has 0 bridgehead atoms. The molecule has 0 saturated carbocycles. The van der Waals surface area contributed by atoms with Crippen molar-refractivity contribution in [1.29, 1.82) is 0 Å². The van der Waals surface area contributed by atoms with E-state index in [-0.39, 0.29) is 57.3 Å². The Bertz CT molecular complexity index is 2690. The van der Waals surface area contributed by atoms with E-state index in [1.165, 1.54) is 105 Å². The Morgan fingerprint density at radius 1 is 0.485 bits per heavy atom. The Morgan fingerprint density at radius 3 is 1.01 bits per heavy atom. The minimum absolute atomic E-state index is 0. The molecule has 2 aromatic rings. The van der Waals surface area contributed by atoms with Gasteiger partial charge in [-0.15, -0.1) is 23.3 Å². The molecule has 0 aromatic heterocycles. The van der Waals surface area contributed by atoms with E-state index in [0.29, 0.717) is 0 Å². The second-order valence-corrected chi connectivity index (χ2v) is 29.4. The van der Waals surface area contributed by atoms with E-state index in [9.17, 15) is 0 Å². The van der Waals surface area contributed by atoms with Crippen LogP contribution in [-0.4, -0.2) is 6.41 Å². The fourth-order valence-corrected chi connectivity index (χ4v) is 10.2. The third kappa shape index (κ3) is 12.2. The van der Waals surface area contributed by atoms with Crippen LogP contribution in [0.5, 0.6) is 0 Å². The molecule has 0 N–H and O–H groups in total. The van der Waals surface area contributed by atoms with Crippen molar-refractivity contribution >= 4 is 29.7 Å². The molecule has 2 unspecified atom stereocenters. The van der Waals surface area contributed by atoms with Gasteiger partial charge >= 0.3 is 82.6 Å². The minimum Gasteiger partial charge on any atom is -1.00 e. The van der Waals surface area contributed by atoms with Gasteiger partial charge in [0, 0.05) is 0 Å². The predicted octanol–water partition coefficient (Wildman–Crippen LogP) is 8.13. The SMILES string of the molecule is CC1=C(C)C(C)=C(C2(C(C)(C)C)[C-]=C3C=c4cc(C(C)(C)C)ccc4=C3C=C2)C1.CC1=C(C)C(C)=C(C2(C(C)(C)C)[C-]=C3C=c4cc(C(C)(C)C)ccc4=C3C=C2)C1.C[C](C)=[Zr].C[C](C)=[Zr].[Cl-].[Cl-]. The van der Waals surface area contributed by atoms with Crippen molar-refractivity contribution in [2.75, 3.05) is 0 Å². The molecule has 0 spiro atoms. The van der Waals surface area contributed by atoms with Crippen LogP contribution in [0.3, 0.4) is 0 Å². The molecule has 2 atom stereocenters. The molecule has 2 aromatic carbocycles. The third-order valence-electron chi connectivity index (χ3n) is 14.8. The topological polar surface area (TPSA) is 0 Å². The molecule has 0 heterocycles. The molecule has 0 radical (unpaired) electrons. The quantitative estimate of drug-likeness (QED) is 0.267. The summed E-state index contributed by atoms with van der Waals surface area (Å²) < 4.78 is 3.01. The molecule has 0 amide bonds. The van der Waals surface area contributed by atoms with Gasteiger partial charge in [0.25, 0.3) is 0 Å². The van der Waals surface area contributed by atoms with Crippen molar-refractivity contribution in [3.63, 3.8) is 0 Å². The van der Waals surface area contributed by atoms with Crippen molar-refractivity contribution in [3.05, 3.63) is 161 Å². The number of benzene rings is 2. The Morgan fingerprint density at radius 2 is 0.779 bits per heavy atom. The van der Waals surface area contributed by atoms with E-state index in [4.69, 9.17) is 0 Å². The number of rotatable bonds is 2. The average Bonchev–Trinajstić information content (AvgIpc) is 3.89. The Kier molecular flexibility index (Phi) is 19.4. The first-order valence-electron chi connectivity index (χ1n) is 24.4. The molecule has 4 heteroatoms. The fraction of sp³-hybridized carbons (Fsp3) is 0.469. The number of allylic oxidation sites excluding steroid dienone is 16. The number of halogens is 2. The first-order valence-corrected chi connectivity index (χ1v) is 26.8. The van der Waals surface area contributed by atoms with Crippen molar-refractivity contribution in [2.24, 2.45) is 21.7 Å². The monoisotopic (exact) mass is 1100 g/mol. The van der Waals surface area contributed by atoms with E-state index in [0.717, 1.165) is 12.8 Å². The van der Waals surface area contributed by atoms with Gasteiger partial charge in [0.1, 0.15) is 0 Å². The summed E-state index contributed by atoms with van der Waals surface area (Å²) in [5.41, 5.74) is 20.0. The summed E-state index contributed by atoms with van der Waals surface area (Å²) in [6.07, 6.45) is 24.6. The van der Waals surface area contributed by atoms with Gasteiger partial charge in [0.2, 0.25) is 0 Å². The molecule has 0 aliphatic heterocycles. The maximum Gasteiger partial charge on any atom is -1.00 e. The molecule has 0 saturated heterocycles. The van der Waals surface area contributed by atoms with Crippen LogP contribution in [0.2, 0.25) is 0 Å². The van der Waals surface area contributed by atoms with Crippen LogP contribution in [0.25, 0.3) is 23.3 Å². The summed E-state index contributed by atoms with van der Waals surface area (Å²) >= 11 is 3.11. The Balaban J connectivity index is 0.000000304. The van der Waals surface area contributed by atoms with Gasteiger partial charge < -0.3 is 24.8 Å². The Hall–Kier alpha value is -2.07. The van der Waals surface area contributed by atoms with Crippen LogP contribution in [0.1, 0.15) is 176 Å². The number of fused-ring (bicyclic) bond motifs is 4. The zero-order valence-electron chi connectivity index (χ0n) is 46.1. The number of hydrogen-bond donors (Lipinski definition) is 0. The molecule has 6 aliphatic carbocycles. The van der Waals surface area contributed by atoms with Crippen molar-refractivity contribution < 1.29 is 73.3 Å². The first-order chi connectivity index (χ1) is 30.2. The normalized spacial score (nSPS) is 21.2. The van der Waals surface area contributed by atoms with Crippen LogP contribution in [0, 0.1) is 33.8 Å². The zero-order valence-corrected chi connectivity index (χ0v) is 52.5. The van der Waals surface area contributed by atoms with Gasteiger partial charge in [0.05, 0.1) is 0 Å². The molecular formula is C64H82Cl2Zr2-4. The molecule has 8 rings (SSSR count). The molecule has 0 fully saturated rings. The molecule has 364 valence electrons. The fourth-order valence-electron chi connectivity index (χ4n) is 10.2. The van der Waals surface area contributed by atoms with Crippen LogP contribution in [0.15, 0.2) is 116 Å². The van der Waals surface area contributed by atoms with Crippen LogP contribution >= 0.6 is 0 Å². The van der Waals surface area contributed by atoms with Gasteiger partial charge in [-0.2, -0.15) is 35.5 Å². The molecule has 6 aliphatic rings. The smallest absolute Gasteiger partial charge is 1.00 e. The van der Waals surface area contributed by atoms with E-state index >= 15 is 0 Å². The van der Waals surface area contributed by atoms with E-state index in [1.807, 2.05) is 0 Å². The maximum atomic E-state index is 4.04. The van der Waals surface area contributed by atoms with Crippen LogP contribution in [-0.2, 0) is 59.3 Å². The summed E-state index contributed by atoms with van der Waals surface area (Å²) in [6, 6.07) is 13.9. The van der Waals surface area contributed by atoms with Crippen molar-refractivity contribution in [2.45, 2.75) is 176 Å². The molecular weight excluding hydrogens is 1020 g/mol. The van der Waals surface area contributed by atoms with Crippen LogP contribution in [0.4, 0.5) is 0 Å². The summed E-state index contributed by atoms with van der Waals surface area (Å²) in [4.78, 5) is 0. The predicted molar refractivity (Wildman–Crippen MR) is 284 cm³/mol. The first kappa shape index (κ1) is 60.2. The van der Waals surface area contributed by atoms with Gasteiger partial charge in [-0.1, -0.05) is 175 Å². The van der Waals surface area contributed by atoms with Gasteiger partial charge in [-0.25, -0.2) is 0 Å². The largest absolute Gasteiger partial charge is 1.00 e. The molecule has 0 nitrogen and oxygen atoms in total. The van der Waals surface area contributed by atoms with E-state index in [1.54, 1.807) is 48.5 Å². The van der Waals surface area contributed by atoms with Gasteiger partial charge in [-0.05, 0) is 120 Å². The second-order valence-electron chi connectivity index (χ2n) is 24.5. The van der Waals surface area contributed by atoms with Gasteiger partial charge in [-0.3, -0.25) is 0 Å². The number of hydrogen-bond acceptors (Lipinski definition) is 0. The standard InChI is InChI=1S/2C29H35.2C3H6.2ClH.2Zr/c2*1-18-14-26(20(3)19(18)2)29(28(7,8)9)13-12-25-22(17-29)15-21-16-23(27(4,5)6)10-11-24(21)25;2*1-3-2;;;;/h2*10-13,15-16H,14H2,1-9H3;2*1-2H3;2*1H;;/q2*-1;;;;;;/p-2. The minimum atomic E-state index is -0.166. The summed E-state index contributed by atoms with van der Waals surface area (Å²) in [5, 5.41) is 5.38. The van der Waals surface area contributed by atoms with Gasteiger partial charge in [0.15, 0.2) is 0 Å². The van der Waals surface area contributed by atoms with E-state index in [2.05, 4.69) is 237 Å². The van der Waals surface area contributed by atoms with E-state index < -0.39 is 0 Å². The summed E-state index contributed by atoms with van der Waals surface area (Å²) in [7, 11) is 0. The Labute approximate surface area is 457 Å². The maximum absolute atomic E-state index is 4.04. The van der Waals surface area contributed by atoms with Crippen molar-refractivity contribution in [1.82, 2.24) is 0 Å². The third-order valence-corrected chi connectivity index (χ3v) is 14.8. The summed E-state index contributed by atoms with van der Waals surface area (Å²) in [6.45, 7) is 50.1. The average molecular weight is 1100 g/mol.